The summed E-state index contributed by atoms with van der Waals surface area (Å²) in [5.74, 6) is 0.590. The number of hydrogen-bond donors (Lipinski definition) is 1. The van der Waals surface area contributed by atoms with Crippen LogP contribution in [0.1, 0.15) is 82.0 Å². The van der Waals surface area contributed by atoms with Crippen LogP contribution in [0, 0.1) is 27.7 Å². The highest BCUT2D eigenvalue weighted by Crippen LogP contribution is 2.31. The fourth-order valence-corrected chi connectivity index (χ4v) is 5.24. The zero-order chi connectivity index (χ0) is 28.3. The predicted octanol–water partition coefficient (Wildman–Crippen LogP) is 8.46. The summed E-state index contributed by atoms with van der Waals surface area (Å²) in [5, 5.41) is 10.3. The molecule has 208 valence electrons. The van der Waals surface area contributed by atoms with Gasteiger partial charge in [0, 0.05) is 25.0 Å². The minimum Gasteiger partial charge on any atom is -0.402 e. The third-order valence-corrected chi connectivity index (χ3v) is 7.71. The molecule has 0 bridgehead atoms. The number of benzene rings is 4. The third kappa shape index (κ3) is 8.92. The summed E-state index contributed by atoms with van der Waals surface area (Å²) < 4.78 is 11.3. The van der Waals surface area contributed by atoms with Crippen molar-refractivity contribution < 1.29 is 14.3 Å². The molecule has 0 heterocycles. The normalized spacial score (nSPS) is 11.4. The van der Waals surface area contributed by atoms with Crippen LogP contribution >= 0.6 is 0 Å². The minimum absolute atomic E-state index is 0.295. The average molecular weight is 535 g/mol. The van der Waals surface area contributed by atoms with E-state index < -0.39 is 7.32 Å². The van der Waals surface area contributed by atoms with Crippen molar-refractivity contribution in [2.45, 2.75) is 65.2 Å². The molecule has 0 atom stereocenters. The average Bonchev–Trinajstić information content (AvgIpc) is 2.96. The van der Waals surface area contributed by atoms with E-state index in [1.807, 2.05) is 0 Å². The van der Waals surface area contributed by atoms with E-state index in [9.17, 15) is 5.02 Å². The van der Waals surface area contributed by atoms with Gasteiger partial charge in [0.05, 0.1) is 0 Å². The Morgan fingerprint density at radius 3 is 0.975 bits per heavy atom. The van der Waals surface area contributed by atoms with E-state index >= 15 is 0 Å². The number of aryl methyl sites for hydroxylation is 4. The van der Waals surface area contributed by atoms with Crippen LogP contribution in [0.3, 0.4) is 0 Å². The second-order valence-electron chi connectivity index (χ2n) is 11.1. The van der Waals surface area contributed by atoms with E-state index in [4.69, 9.17) is 9.31 Å². The topological polar surface area (TPSA) is 38.7 Å². The number of rotatable bonds is 14. The van der Waals surface area contributed by atoms with Gasteiger partial charge in [-0.25, -0.2) is 0 Å². The Labute approximate surface area is 241 Å². The van der Waals surface area contributed by atoms with Crippen LogP contribution in [0.2, 0.25) is 0 Å². The third-order valence-electron chi connectivity index (χ3n) is 7.71. The molecule has 0 unspecified atom stereocenters. The fourth-order valence-electron chi connectivity index (χ4n) is 5.24. The molecule has 0 saturated heterocycles. The second kappa shape index (κ2) is 15.0. The summed E-state index contributed by atoms with van der Waals surface area (Å²) in [4.78, 5) is 0. The van der Waals surface area contributed by atoms with Crippen molar-refractivity contribution >= 4 is 7.32 Å². The van der Waals surface area contributed by atoms with Crippen molar-refractivity contribution in [3.63, 3.8) is 0 Å². The molecule has 1 N–H and O–H groups in total. The van der Waals surface area contributed by atoms with Gasteiger partial charge in [-0.15, -0.1) is 0 Å². The van der Waals surface area contributed by atoms with Gasteiger partial charge in [-0.3, -0.25) is 0 Å². The van der Waals surface area contributed by atoms with Gasteiger partial charge in [0.1, 0.15) is 0 Å². The quantitative estimate of drug-likeness (QED) is 0.130. The lowest BCUT2D eigenvalue weighted by Gasteiger charge is -2.20. The highest BCUT2D eigenvalue weighted by atomic mass is 16.7. The van der Waals surface area contributed by atoms with Gasteiger partial charge in [0.25, 0.3) is 0 Å². The maximum Gasteiger partial charge on any atom is 0.636 e. The van der Waals surface area contributed by atoms with Gasteiger partial charge >= 0.3 is 7.32 Å². The summed E-state index contributed by atoms with van der Waals surface area (Å²) in [7, 11) is -1.20. The predicted molar refractivity (Wildman–Crippen MR) is 167 cm³/mol. The van der Waals surface area contributed by atoms with Crippen LogP contribution in [0.4, 0.5) is 0 Å². The zero-order valence-corrected chi connectivity index (χ0v) is 24.5. The van der Waals surface area contributed by atoms with Gasteiger partial charge in [-0.1, -0.05) is 119 Å². The first kappa shape index (κ1) is 29.8. The summed E-state index contributed by atoms with van der Waals surface area (Å²) in [5.41, 5.74) is 10.3. The molecule has 4 aromatic carbocycles. The molecule has 0 amide bonds. The van der Waals surface area contributed by atoms with Crippen molar-refractivity contribution in [1.82, 2.24) is 0 Å². The van der Waals surface area contributed by atoms with E-state index in [1.54, 1.807) is 0 Å². The van der Waals surface area contributed by atoms with Crippen molar-refractivity contribution in [3.05, 3.63) is 142 Å². The Bertz CT molecular complexity index is 1090. The first-order chi connectivity index (χ1) is 19.4. The summed E-state index contributed by atoms with van der Waals surface area (Å²) in [6.07, 6.45) is 3.53. The van der Waals surface area contributed by atoms with Crippen molar-refractivity contribution in [2.75, 3.05) is 13.2 Å². The molecule has 0 aliphatic rings. The first-order valence-corrected chi connectivity index (χ1v) is 14.6. The maximum absolute atomic E-state index is 10.3. The van der Waals surface area contributed by atoms with Crippen molar-refractivity contribution in [1.29, 1.82) is 0 Å². The van der Waals surface area contributed by atoms with Crippen LogP contribution in [-0.4, -0.2) is 25.6 Å². The molecule has 0 aliphatic carbocycles. The molecule has 3 nitrogen and oxygen atoms in total. The monoisotopic (exact) mass is 534 g/mol. The maximum atomic E-state index is 10.3. The van der Waals surface area contributed by atoms with E-state index in [0.29, 0.717) is 25.0 Å². The Hall–Kier alpha value is -3.18. The Kier molecular flexibility index (Phi) is 11.2. The standard InChI is InChI=1S/C36H43BO3/c1-27-9-17-31(18-10-27)35(32-19-11-28(2)12-20-32)7-5-25-39-37(38)40-26-6-8-36(33-21-13-29(3)14-22-33)34-23-15-30(4)16-24-34/h9-24,35-36,38H,5-8,25-26H2,1-4H3. The molecule has 0 radical (unpaired) electrons. The van der Waals surface area contributed by atoms with Gasteiger partial charge < -0.3 is 14.3 Å². The first-order valence-electron chi connectivity index (χ1n) is 14.6. The van der Waals surface area contributed by atoms with E-state index in [1.165, 1.54) is 44.5 Å². The molecule has 4 aromatic rings. The summed E-state index contributed by atoms with van der Waals surface area (Å²) >= 11 is 0. The summed E-state index contributed by atoms with van der Waals surface area (Å²) in [6, 6.07) is 35.2. The molecule has 4 heteroatoms. The molecule has 40 heavy (non-hydrogen) atoms. The highest BCUT2D eigenvalue weighted by Gasteiger charge is 2.19. The van der Waals surface area contributed by atoms with Gasteiger partial charge in [0.2, 0.25) is 0 Å². The molecular formula is C36H43BO3. The van der Waals surface area contributed by atoms with E-state index in [2.05, 4.69) is 125 Å². The lowest BCUT2D eigenvalue weighted by Crippen LogP contribution is -2.24. The molecule has 4 rings (SSSR count). The Morgan fingerprint density at radius 2 is 0.725 bits per heavy atom. The van der Waals surface area contributed by atoms with Crippen LogP contribution in [-0.2, 0) is 9.31 Å². The molecule has 0 spiro atoms. The largest absolute Gasteiger partial charge is 0.636 e. The lowest BCUT2D eigenvalue weighted by atomic mass is 9.87. The Balaban J connectivity index is 1.24. The van der Waals surface area contributed by atoms with Gasteiger partial charge in [-0.2, -0.15) is 0 Å². The molecule has 0 aliphatic heterocycles. The van der Waals surface area contributed by atoms with Crippen LogP contribution in [0.25, 0.3) is 0 Å². The lowest BCUT2D eigenvalue weighted by molar-refractivity contribution is 0.128. The van der Waals surface area contributed by atoms with E-state index in [-0.39, 0.29) is 0 Å². The fraction of sp³-hybridized carbons (Fsp3) is 0.333. The molecule has 0 aromatic heterocycles. The molecule has 0 fully saturated rings. The van der Waals surface area contributed by atoms with Crippen LogP contribution in [0.15, 0.2) is 97.1 Å². The zero-order valence-electron chi connectivity index (χ0n) is 24.5. The molecular weight excluding hydrogens is 491 g/mol. The highest BCUT2D eigenvalue weighted by molar-refractivity contribution is 6.34. The van der Waals surface area contributed by atoms with Gasteiger partial charge in [0.15, 0.2) is 0 Å². The SMILES string of the molecule is Cc1ccc(C(CCCOB(O)OCCCC(c2ccc(C)cc2)c2ccc(C)cc2)c2ccc(C)cc2)cc1. The summed E-state index contributed by atoms with van der Waals surface area (Å²) in [6.45, 7) is 9.36. The van der Waals surface area contributed by atoms with Crippen LogP contribution in [0.5, 0.6) is 0 Å². The van der Waals surface area contributed by atoms with Crippen molar-refractivity contribution in [3.8, 4) is 0 Å². The van der Waals surface area contributed by atoms with Gasteiger partial charge in [-0.05, 0) is 75.6 Å². The number of hydrogen-bond acceptors (Lipinski definition) is 3. The minimum atomic E-state index is -1.20. The van der Waals surface area contributed by atoms with Crippen LogP contribution < -0.4 is 0 Å². The smallest absolute Gasteiger partial charge is 0.402 e. The molecule has 0 saturated carbocycles. The Morgan fingerprint density at radius 1 is 0.475 bits per heavy atom. The van der Waals surface area contributed by atoms with Crippen molar-refractivity contribution in [2.24, 2.45) is 0 Å². The van der Waals surface area contributed by atoms with E-state index in [0.717, 1.165) is 25.7 Å². The second-order valence-corrected chi connectivity index (χ2v) is 11.1.